The quantitative estimate of drug-likeness (QED) is 0.662. The van der Waals surface area contributed by atoms with Crippen molar-refractivity contribution in [3.8, 4) is 5.75 Å². The zero-order chi connectivity index (χ0) is 10.1. The maximum Gasteiger partial charge on any atom is 0.316 e. The largest absolute Gasteiger partial charge is 0.508 e. The summed E-state index contributed by atoms with van der Waals surface area (Å²) in [6.45, 7) is 1.42. The predicted octanol–water partition coefficient (Wildman–Crippen LogP) is 1.54. The summed E-state index contributed by atoms with van der Waals surface area (Å²) in [5, 5.41) is 9.03. The first kappa shape index (κ1) is 9.74. The molecule has 68 valence electrons. The highest BCUT2D eigenvalue weighted by molar-refractivity contribution is 5.86. The van der Waals surface area contributed by atoms with Gasteiger partial charge >= 0.3 is 5.91 Å². The molecule has 0 heterocycles. The lowest BCUT2D eigenvalue weighted by Gasteiger charge is -2.22. The van der Waals surface area contributed by atoms with Gasteiger partial charge in [-0.15, -0.1) is 0 Å². The molecule has 0 bridgehead atoms. The van der Waals surface area contributed by atoms with Crippen LogP contribution in [-0.4, -0.2) is 18.1 Å². The van der Waals surface area contributed by atoms with E-state index in [1.54, 1.807) is 19.2 Å². The number of carbonyl (C=O) groups excluding carboxylic acids is 1. The Balaban J connectivity index is 3.08. The van der Waals surface area contributed by atoms with Crippen LogP contribution in [0.15, 0.2) is 24.3 Å². The third kappa shape index (κ3) is 1.87. The van der Waals surface area contributed by atoms with Crippen molar-refractivity contribution in [3.63, 3.8) is 0 Å². The van der Waals surface area contributed by atoms with Crippen molar-refractivity contribution in [1.29, 1.82) is 0 Å². The summed E-state index contributed by atoms with van der Waals surface area (Å²) >= 11 is 0. The highest BCUT2D eigenvalue weighted by atomic mass is 16.3. The zero-order valence-electron chi connectivity index (χ0n) is 7.69. The first-order valence-electron chi connectivity index (χ1n) is 3.90. The van der Waals surface area contributed by atoms with Gasteiger partial charge in [0.25, 0.3) is 0 Å². The van der Waals surface area contributed by atoms with E-state index in [4.69, 9.17) is 12.2 Å². The number of phenolic OH excluding ortho intramolecular Hbond substituents is 1. The van der Waals surface area contributed by atoms with Gasteiger partial charge in [0, 0.05) is 12.1 Å². The van der Waals surface area contributed by atoms with Crippen LogP contribution >= 0.6 is 0 Å². The molecule has 1 N–H and O–H groups in total. The molecule has 0 saturated heterocycles. The van der Waals surface area contributed by atoms with Gasteiger partial charge in [-0.25, -0.2) is 9.28 Å². The Kier molecular flexibility index (Phi) is 2.38. The van der Waals surface area contributed by atoms with Crippen LogP contribution in [0.25, 0.3) is 0 Å². The number of hydrogen-bond acceptors (Lipinski definition) is 2. The number of carbonyl (C=O) groups is 1. The number of nitrogens with zero attached hydrogens (tertiary/aromatic N) is 1. The fourth-order valence-electron chi connectivity index (χ4n) is 0.944. The average molecular weight is 178 g/mol. The van der Waals surface area contributed by atoms with E-state index >= 15 is 0 Å². The lowest BCUT2D eigenvalue weighted by Crippen LogP contribution is -2.42. The van der Waals surface area contributed by atoms with Crippen molar-refractivity contribution in [2.24, 2.45) is 0 Å². The second kappa shape index (κ2) is 3.18. The SMILES string of the molecule is [CH][N+](C)(C(C)=O)c1ccc(O)cc1. The number of hydrogen-bond donors (Lipinski definition) is 1. The molecular weight excluding hydrogens is 166 g/mol. The van der Waals surface area contributed by atoms with Gasteiger partial charge in [-0.1, -0.05) is 0 Å². The van der Waals surface area contributed by atoms with Crippen molar-refractivity contribution in [3.05, 3.63) is 31.3 Å². The van der Waals surface area contributed by atoms with Gasteiger partial charge in [-0.05, 0) is 12.1 Å². The molecule has 0 aliphatic rings. The van der Waals surface area contributed by atoms with Crippen LogP contribution in [0.3, 0.4) is 0 Å². The summed E-state index contributed by atoms with van der Waals surface area (Å²) in [6.07, 6.45) is 0. The average Bonchev–Trinajstić information content (AvgIpc) is 2.04. The minimum atomic E-state index is -0.305. The molecule has 0 saturated carbocycles. The first-order chi connectivity index (χ1) is 5.94. The van der Waals surface area contributed by atoms with Gasteiger partial charge in [0.05, 0.1) is 14.0 Å². The number of aromatic hydroxyl groups is 1. The molecule has 0 aromatic heterocycles. The molecule has 1 aromatic carbocycles. The predicted molar refractivity (Wildman–Crippen MR) is 50.8 cm³/mol. The first-order valence-corrected chi connectivity index (χ1v) is 3.90. The number of amides is 1. The summed E-state index contributed by atoms with van der Waals surface area (Å²) in [5.41, 5.74) is 0.644. The van der Waals surface area contributed by atoms with Crippen LogP contribution in [0.4, 0.5) is 5.69 Å². The molecule has 3 nitrogen and oxygen atoms in total. The van der Waals surface area contributed by atoms with Crippen LogP contribution in [-0.2, 0) is 4.79 Å². The third-order valence-electron chi connectivity index (χ3n) is 2.04. The molecule has 0 spiro atoms. The second-order valence-corrected chi connectivity index (χ2v) is 3.11. The summed E-state index contributed by atoms with van der Waals surface area (Å²) in [4.78, 5) is 11.1. The summed E-state index contributed by atoms with van der Waals surface area (Å²) in [6, 6.07) is 6.25. The van der Waals surface area contributed by atoms with E-state index in [2.05, 4.69) is 0 Å². The molecule has 0 aliphatic heterocycles. The van der Waals surface area contributed by atoms with E-state index in [9.17, 15) is 4.79 Å². The fourth-order valence-corrected chi connectivity index (χ4v) is 0.944. The number of phenols is 1. The Morgan fingerprint density at radius 2 is 1.85 bits per heavy atom. The molecule has 1 amide bonds. The lowest BCUT2D eigenvalue weighted by atomic mass is 10.2. The van der Waals surface area contributed by atoms with E-state index in [1.807, 2.05) is 0 Å². The van der Waals surface area contributed by atoms with Gasteiger partial charge < -0.3 is 5.11 Å². The number of quaternary nitrogens is 1. The van der Waals surface area contributed by atoms with Crippen molar-refractivity contribution in [2.75, 3.05) is 7.05 Å². The summed E-state index contributed by atoms with van der Waals surface area (Å²) < 4.78 is -0.305. The summed E-state index contributed by atoms with van der Waals surface area (Å²) in [7, 11) is 7.33. The van der Waals surface area contributed by atoms with Crippen molar-refractivity contribution in [2.45, 2.75) is 6.92 Å². The van der Waals surface area contributed by atoms with Gasteiger partial charge in [-0.3, -0.25) is 0 Å². The Hall–Kier alpha value is -1.35. The minimum Gasteiger partial charge on any atom is -0.508 e. The maximum atomic E-state index is 11.1. The van der Waals surface area contributed by atoms with Crippen LogP contribution < -0.4 is 4.48 Å². The number of rotatable bonds is 1. The van der Waals surface area contributed by atoms with Crippen molar-refractivity contribution < 1.29 is 9.90 Å². The van der Waals surface area contributed by atoms with Crippen LogP contribution in [0, 0.1) is 7.05 Å². The third-order valence-corrected chi connectivity index (χ3v) is 2.04. The zero-order valence-corrected chi connectivity index (χ0v) is 7.69. The van der Waals surface area contributed by atoms with E-state index in [-0.39, 0.29) is 16.1 Å². The van der Waals surface area contributed by atoms with Gasteiger partial charge in [0.2, 0.25) is 7.05 Å². The normalized spacial score (nSPS) is 11.3. The monoisotopic (exact) mass is 178 g/mol. The van der Waals surface area contributed by atoms with Crippen molar-refractivity contribution >= 4 is 11.6 Å². The highest BCUT2D eigenvalue weighted by Gasteiger charge is 2.25. The fraction of sp³-hybridized carbons (Fsp3) is 0.200. The molecule has 0 aliphatic carbocycles. The smallest absolute Gasteiger partial charge is 0.316 e. The van der Waals surface area contributed by atoms with Crippen LogP contribution in [0.1, 0.15) is 6.92 Å². The van der Waals surface area contributed by atoms with Gasteiger partial charge in [0.15, 0.2) is 0 Å². The molecule has 3 heteroatoms. The molecule has 0 fully saturated rings. The van der Waals surface area contributed by atoms with Crippen LogP contribution in [0.2, 0.25) is 0 Å². The molecule has 13 heavy (non-hydrogen) atoms. The van der Waals surface area contributed by atoms with E-state index in [0.717, 1.165) is 0 Å². The standard InChI is InChI=1S/C10H12NO2/c1-8(12)11(2,3)9-4-6-10(13)7-5-9/h2,4-7,13H,1,3H3/q+1. The Bertz CT molecular complexity index is 314. The topological polar surface area (TPSA) is 37.3 Å². The Morgan fingerprint density at radius 1 is 1.38 bits per heavy atom. The van der Waals surface area contributed by atoms with Gasteiger partial charge in [-0.2, -0.15) is 0 Å². The summed E-state index contributed by atoms with van der Waals surface area (Å²) in [5.74, 6) is -0.00186. The number of benzene rings is 1. The van der Waals surface area contributed by atoms with Crippen molar-refractivity contribution in [1.82, 2.24) is 4.48 Å². The Labute approximate surface area is 77.8 Å². The minimum absolute atomic E-state index is 0.160. The molecule has 2 radical (unpaired) electrons. The molecule has 1 atom stereocenters. The molecular formula is C10H12NO2+. The molecule has 1 unspecified atom stereocenters. The van der Waals surface area contributed by atoms with E-state index in [0.29, 0.717) is 5.69 Å². The van der Waals surface area contributed by atoms with Crippen LogP contribution in [0.5, 0.6) is 5.75 Å². The Morgan fingerprint density at radius 3 is 2.23 bits per heavy atom. The lowest BCUT2D eigenvalue weighted by molar-refractivity contribution is -0.124. The molecule has 1 rings (SSSR count). The van der Waals surface area contributed by atoms with E-state index < -0.39 is 0 Å². The molecule has 1 aromatic rings. The maximum absolute atomic E-state index is 11.1. The second-order valence-electron chi connectivity index (χ2n) is 3.11. The van der Waals surface area contributed by atoms with E-state index in [1.165, 1.54) is 19.1 Å². The van der Waals surface area contributed by atoms with Gasteiger partial charge in [0.1, 0.15) is 11.4 Å². The highest BCUT2D eigenvalue weighted by Crippen LogP contribution is 2.22.